The Balaban J connectivity index is 2.07. The topological polar surface area (TPSA) is 28.7 Å². The lowest BCUT2D eigenvalue weighted by molar-refractivity contribution is 1.34. The molecular weight excluding hydrogens is 312 g/mol. The lowest BCUT2D eigenvalue weighted by Crippen LogP contribution is -1.84. The molecule has 0 bridgehead atoms. The molecule has 0 aliphatic carbocycles. The van der Waals surface area contributed by atoms with E-state index in [1.54, 1.807) is 0 Å². The van der Waals surface area contributed by atoms with Crippen molar-refractivity contribution in [2.75, 3.05) is 0 Å². The van der Waals surface area contributed by atoms with Crippen LogP contribution in [0.3, 0.4) is 0 Å². The summed E-state index contributed by atoms with van der Waals surface area (Å²) in [5.41, 5.74) is 4.35. The summed E-state index contributed by atoms with van der Waals surface area (Å²) in [5.74, 6) is 0. The molecule has 0 aliphatic heterocycles. The number of aromatic amines is 1. The summed E-state index contributed by atoms with van der Waals surface area (Å²) in [7, 11) is 0. The van der Waals surface area contributed by atoms with Crippen LogP contribution in [0.2, 0.25) is 0 Å². The fourth-order valence-corrected chi connectivity index (χ4v) is 2.87. The van der Waals surface area contributed by atoms with E-state index in [1.165, 1.54) is 10.8 Å². The summed E-state index contributed by atoms with van der Waals surface area (Å²) >= 11 is 3.47. The van der Waals surface area contributed by atoms with Crippen LogP contribution in [0.1, 0.15) is 0 Å². The molecule has 0 saturated heterocycles. The van der Waals surface area contributed by atoms with Crippen LogP contribution in [-0.2, 0) is 0 Å². The van der Waals surface area contributed by atoms with Gasteiger partial charge in [0.05, 0.1) is 11.2 Å². The zero-order valence-corrected chi connectivity index (χ0v) is 12.2. The van der Waals surface area contributed by atoms with Gasteiger partial charge >= 0.3 is 0 Å². The highest BCUT2D eigenvalue weighted by molar-refractivity contribution is 9.10. The number of H-pyrrole nitrogens is 1. The van der Waals surface area contributed by atoms with Gasteiger partial charge < -0.3 is 4.98 Å². The fraction of sp³-hybridized carbons (Fsp3) is 0. The fourth-order valence-electron chi connectivity index (χ4n) is 2.60. The van der Waals surface area contributed by atoms with Gasteiger partial charge in [-0.2, -0.15) is 0 Å². The largest absolute Gasteiger partial charge is 0.353 e. The van der Waals surface area contributed by atoms with Crippen LogP contribution in [0.25, 0.3) is 33.1 Å². The number of fused-ring (bicyclic) bond motifs is 3. The van der Waals surface area contributed by atoms with Crippen molar-refractivity contribution in [3.63, 3.8) is 0 Å². The van der Waals surface area contributed by atoms with E-state index >= 15 is 0 Å². The number of rotatable bonds is 1. The first-order valence-corrected chi connectivity index (χ1v) is 7.23. The third kappa shape index (κ3) is 1.74. The minimum absolute atomic E-state index is 0.992. The van der Waals surface area contributed by atoms with Crippen LogP contribution in [0, 0.1) is 0 Å². The van der Waals surface area contributed by atoms with E-state index in [0.717, 1.165) is 26.8 Å². The Morgan fingerprint density at radius 2 is 1.65 bits per heavy atom. The average Bonchev–Trinajstić information content (AvgIpc) is 2.87. The third-order valence-electron chi connectivity index (χ3n) is 3.55. The van der Waals surface area contributed by atoms with Gasteiger partial charge in [0.25, 0.3) is 0 Å². The number of halogens is 1. The molecule has 4 rings (SSSR count). The van der Waals surface area contributed by atoms with Gasteiger partial charge in [0, 0.05) is 32.5 Å². The molecule has 2 aromatic carbocycles. The second-order valence-electron chi connectivity index (χ2n) is 4.76. The monoisotopic (exact) mass is 322 g/mol. The van der Waals surface area contributed by atoms with Gasteiger partial charge in [-0.05, 0) is 24.3 Å². The molecule has 0 spiro atoms. The van der Waals surface area contributed by atoms with Crippen molar-refractivity contribution in [2.45, 2.75) is 0 Å². The predicted molar refractivity (Wildman–Crippen MR) is 86.7 cm³/mol. The highest BCUT2D eigenvalue weighted by Gasteiger charge is 2.10. The van der Waals surface area contributed by atoms with Gasteiger partial charge in [-0.15, -0.1) is 0 Å². The van der Waals surface area contributed by atoms with Gasteiger partial charge in [0.15, 0.2) is 0 Å². The summed E-state index contributed by atoms with van der Waals surface area (Å²) < 4.78 is 1.07. The molecule has 2 nitrogen and oxygen atoms in total. The lowest BCUT2D eigenvalue weighted by Gasteiger charge is -2.02. The van der Waals surface area contributed by atoms with Crippen LogP contribution >= 0.6 is 15.9 Å². The van der Waals surface area contributed by atoms with E-state index in [0.29, 0.717) is 0 Å². The molecule has 0 atom stereocenters. The molecular formula is C17H11BrN2. The van der Waals surface area contributed by atoms with Crippen LogP contribution in [0.5, 0.6) is 0 Å². The maximum absolute atomic E-state index is 4.56. The Morgan fingerprint density at radius 3 is 2.50 bits per heavy atom. The Bertz CT molecular complexity index is 907. The standard InChI is InChI=1S/C17H11BrN2/c18-12-7-5-11(6-8-12)16-17-14(9-10-19-16)13-3-1-2-4-15(13)20-17/h1-10,20H. The number of hydrogen-bond donors (Lipinski definition) is 1. The van der Waals surface area contributed by atoms with E-state index in [1.807, 2.05) is 24.4 Å². The van der Waals surface area contributed by atoms with Crippen molar-refractivity contribution in [1.29, 1.82) is 0 Å². The Morgan fingerprint density at radius 1 is 0.850 bits per heavy atom. The Labute approximate surface area is 124 Å². The van der Waals surface area contributed by atoms with Crippen molar-refractivity contribution in [2.24, 2.45) is 0 Å². The molecule has 0 unspecified atom stereocenters. The molecule has 0 aliphatic rings. The van der Waals surface area contributed by atoms with Crippen molar-refractivity contribution in [3.8, 4) is 11.3 Å². The zero-order valence-electron chi connectivity index (χ0n) is 10.6. The smallest absolute Gasteiger partial charge is 0.0943 e. The van der Waals surface area contributed by atoms with E-state index < -0.39 is 0 Å². The summed E-state index contributed by atoms with van der Waals surface area (Å²) in [4.78, 5) is 8.04. The first-order valence-electron chi connectivity index (χ1n) is 6.44. The lowest BCUT2D eigenvalue weighted by atomic mass is 10.1. The van der Waals surface area contributed by atoms with Crippen molar-refractivity contribution in [1.82, 2.24) is 9.97 Å². The molecule has 0 amide bonds. The molecule has 0 saturated carbocycles. The van der Waals surface area contributed by atoms with Crippen molar-refractivity contribution < 1.29 is 0 Å². The normalized spacial score (nSPS) is 11.2. The molecule has 3 heteroatoms. The van der Waals surface area contributed by atoms with Crippen LogP contribution in [0.15, 0.2) is 65.3 Å². The molecule has 1 N–H and O–H groups in total. The predicted octanol–water partition coefficient (Wildman–Crippen LogP) is 5.15. The molecule has 0 radical (unpaired) electrons. The van der Waals surface area contributed by atoms with Gasteiger partial charge in [0.2, 0.25) is 0 Å². The van der Waals surface area contributed by atoms with Crippen LogP contribution in [0.4, 0.5) is 0 Å². The number of hydrogen-bond acceptors (Lipinski definition) is 1. The quantitative estimate of drug-likeness (QED) is 0.516. The molecule has 20 heavy (non-hydrogen) atoms. The molecule has 2 heterocycles. The van der Waals surface area contributed by atoms with E-state index in [2.05, 4.69) is 62.3 Å². The first kappa shape index (κ1) is 11.7. The SMILES string of the molecule is Brc1ccc(-c2nccc3c2[nH]c2ccccc23)cc1. The maximum Gasteiger partial charge on any atom is 0.0943 e. The number of benzene rings is 2. The molecule has 0 fully saturated rings. The Hall–Kier alpha value is -2.13. The second kappa shape index (κ2) is 4.46. The van der Waals surface area contributed by atoms with Gasteiger partial charge in [-0.25, -0.2) is 0 Å². The van der Waals surface area contributed by atoms with Crippen molar-refractivity contribution in [3.05, 3.63) is 65.3 Å². The highest BCUT2D eigenvalue weighted by Crippen LogP contribution is 2.31. The van der Waals surface area contributed by atoms with Crippen molar-refractivity contribution >= 4 is 37.7 Å². The van der Waals surface area contributed by atoms with Gasteiger partial charge in [-0.3, -0.25) is 4.98 Å². The van der Waals surface area contributed by atoms with Crippen LogP contribution < -0.4 is 0 Å². The molecule has 96 valence electrons. The first-order chi connectivity index (χ1) is 9.83. The summed E-state index contributed by atoms with van der Waals surface area (Å²) in [6.45, 7) is 0. The Kier molecular flexibility index (Phi) is 2.60. The number of pyridine rings is 1. The zero-order chi connectivity index (χ0) is 13.5. The number of para-hydroxylation sites is 1. The third-order valence-corrected chi connectivity index (χ3v) is 4.07. The summed E-state index contributed by atoms with van der Waals surface area (Å²) in [5, 5.41) is 2.46. The summed E-state index contributed by atoms with van der Waals surface area (Å²) in [6.07, 6.45) is 1.87. The van der Waals surface area contributed by atoms with E-state index in [-0.39, 0.29) is 0 Å². The van der Waals surface area contributed by atoms with E-state index in [9.17, 15) is 0 Å². The van der Waals surface area contributed by atoms with Gasteiger partial charge in [-0.1, -0.05) is 46.3 Å². The van der Waals surface area contributed by atoms with Crippen LogP contribution in [-0.4, -0.2) is 9.97 Å². The number of aromatic nitrogens is 2. The maximum atomic E-state index is 4.56. The van der Waals surface area contributed by atoms with E-state index in [4.69, 9.17) is 0 Å². The number of nitrogens with one attached hydrogen (secondary N) is 1. The highest BCUT2D eigenvalue weighted by atomic mass is 79.9. The average molecular weight is 323 g/mol. The molecule has 2 aromatic heterocycles. The minimum Gasteiger partial charge on any atom is -0.353 e. The number of nitrogens with zero attached hydrogens (tertiary/aromatic N) is 1. The summed E-state index contributed by atoms with van der Waals surface area (Å²) in [6, 6.07) is 18.7. The molecule has 4 aromatic rings. The second-order valence-corrected chi connectivity index (χ2v) is 5.68. The van der Waals surface area contributed by atoms with Gasteiger partial charge in [0.1, 0.15) is 0 Å². The minimum atomic E-state index is 0.992.